The highest BCUT2D eigenvalue weighted by atomic mass is 16.4. The minimum absolute atomic E-state index is 0.0875. The van der Waals surface area contributed by atoms with Crippen molar-refractivity contribution in [2.24, 2.45) is 0 Å². The summed E-state index contributed by atoms with van der Waals surface area (Å²) in [4.78, 5) is 11.4. The van der Waals surface area contributed by atoms with Crippen LogP contribution in [0.15, 0.2) is 0 Å². The van der Waals surface area contributed by atoms with Crippen LogP contribution >= 0.6 is 0 Å². The zero-order valence-corrected chi connectivity index (χ0v) is 7.27. The van der Waals surface area contributed by atoms with Crippen molar-refractivity contribution in [1.29, 1.82) is 0 Å². The first kappa shape index (κ1) is 11.4. The predicted molar refractivity (Wildman–Crippen MR) is 42.3 cm³/mol. The van der Waals surface area contributed by atoms with Crippen molar-refractivity contribution in [3.63, 3.8) is 0 Å². The van der Waals surface area contributed by atoms with Crippen LogP contribution in [0.3, 0.4) is 0 Å². The number of carboxylic acid groups (broad SMARTS) is 1. The van der Waals surface area contributed by atoms with E-state index in [1.165, 1.54) is 18.7 Å². The monoisotopic (exact) mass is 177 g/mol. The van der Waals surface area contributed by atoms with Crippen LogP contribution in [0.4, 0.5) is 0 Å². The molecule has 0 saturated heterocycles. The molecule has 0 aliphatic heterocycles. The number of aliphatic hydroxyl groups excluding tert-OH is 2. The third-order valence-electron chi connectivity index (χ3n) is 1.54. The second kappa shape index (κ2) is 5.08. The fourth-order valence-electron chi connectivity index (χ4n) is 0.911. The van der Waals surface area contributed by atoms with E-state index in [2.05, 4.69) is 0 Å². The smallest absolute Gasteiger partial charge is 0.304 e. The highest BCUT2D eigenvalue weighted by molar-refractivity contribution is 5.66. The summed E-state index contributed by atoms with van der Waals surface area (Å²) < 4.78 is 0. The lowest BCUT2D eigenvalue weighted by molar-refractivity contribution is -0.139. The first-order valence-electron chi connectivity index (χ1n) is 3.79. The molecule has 0 aromatic heterocycles. The normalized spacial score (nSPS) is 16.1. The van der Waals surface area contributed by atoms with Crippen LogP contribution < -0.4 is 0 Å². The Morgan fingerprint density at radius 1 is 1.33 bits per heavy atom. The van der Waals surface area contributed by atoms with Crippen molar-refractivity contribution in [3.8, 4) is 0 Å². The van der Waals surface area contributed by atoms with Gasteiger partial charge in [-0.15, -0.1) is 0 Å². The molecule has 0 bridgehead atoms. The van der Waals surface area contributed by atoms with Gasteiger partial charge in [-0.1, -0.05) is 0 Å². The summed E-state index contributed by atoms with van der Waals surface area (Å²) >= 11 is 0. The van der Waals surface area contributed by atoms with E-state index in [1.807, 2.05) is 0 Å². The Morgan fingerprint density at radius 3 is 2.00 bits per heavy atom. The highest BCUT2D eigenvalue weighted by Gasteiger charge is 2.16. The Hall–Kier alpha value is -0.650. The molecule has 72 valence electrons. The zero-order chi connectivity index (χ0) is 9.72. The third kappa shape index (κ3) is 4.27. The van der Waals surface area contributed by atoms with E-state index in [4.69, 9.17) is 15.3 Å². The Kier molecular flexibility index (Phi) is 4.80. The fourth-order valence-corrected chi connectivity index (χ4v) is 0.911. The second-order valence-electron chi connectivity index (χ2n) is 2.65. The van der Waals surface area contributed by atoms with Crippen LogP contribution in [0.1, 0.15) is 20.3 Å². The minimum atomic E-state index is -0.943. The van der Waals surface area contributed by atoms with Crippen molar-refractivity contribution in [1.82, 2.24) is 4.90 Å². The molecule has 0 rings (SSSR count). The van der Waals surface area contributed by atoms with E-state index >= 15 is 0 Å². The van der Waals surface area contributed by atoms with Crippen LogP contribution in [0.2, 0.25) is 0 Å². The van der Waals surface area contributed by atoms with Gasteiger partial charge in [0.2, 0.25) is 0 Å². The van der Waals surface area contributed by atoms with Gasteiger partial charge >= 0.3 is 5.97 Å². The average Bonchev–Trinajstić information content (AvgIpc) is 1.84. The molecule has 5 nitrogen and oxygen atoms in total. The van der Waals surface area contributed by atoms with Gasteiger partial charge in [0.25, 0.3) is 0 Å². The van der Waals surface area contributed by atoms with Crippen molar-refractivity contribution < 1.29 is 20.1 Å². The molecule has 2 atom stereocenters. The van der Waals surface area contributed by atoms with Crippen LogP contribution in [0.5, 0.6) is 0 Å². The molecule has 0 amide bonds. The minimum Gasteiger partial charge on any atom is -0.481 e. The SMILES string of the molecule is CC(O)N(CCC(=O)O)C(C)O. The molecule has 0 spiro atoms. The summed E-state index contributed by atoms with van der Waals surface area (Å²) in [6.07, 6.45) is -1.75. The van der Waals surface area contributed by atoms with Gasteiger partial charge in [0, 0.05) is 6.54 Å². The number of carboxylic acids is 1. The first-order chi connectivity index (χ1) is 5.45. The van der Waals surface area contributed by atoms with Crippen molar-refractivity contribution in [3.05, 3.63) is 0 Å². The molecular weight excluding hydrogens is 162 g/mol. The summed E-state index contributed by atoms with van der Waals surface area (Å²) in [6, 6.07) is 0. The number of rotatable bonds is 5. The zero-order valence-electron chi connectivity index (χ0n) is 7.27. The predicted octanol–water partition coefficient (Wildman–Crippen LogP) is -0.560. The molecule has 0 aromatic rings. The van der Waals surface area contributed by atoms with Crippen molar-refractivity contribution in [2.45, 2.75) is 32.7 Å². The maximum atomic E-state index is 10.2. The Labute approximate surface area is 71.2 Å². The molecule has 3 N–H and O–H groups in total. The van der Waals surface area contributed by atoms with Gasteiger partial charge in [-0.25, -0.2) is 0 Å². The van der Waals surface area contributed by atoms with E-state index in [1.54, 1.807) is 0 Å². The Morgan fingerprint density at radius 2 is 1.75 bits per heavy atom. The molecule has 0 radical (unpaired) electrons. The molecule has 12 heavy (non-hydrogen) atoms. The number of hydrogen-bond acceptors (Lipinski definition) is 4. The lowest BCUT2D eigenvalue weighted by Crippen LogP contribution is -2.41. The number of hydrogen-bond donors (Lipinski definition) is 3. The van der Waals surface area contributed by atoms with Gasteiger partial charge < -0.3 is 15.3 Å². The summed E-state index contributed by atoms with van der Waals surface area (Å²) in [5.41, 5.74) is 0. The van der Waals surface area contributed by atoms with Crippen molar-refractivity contribution >= 4 is 5.97 Å². The molecular formula is C7H15NO4. The maximum absolute atomic E-state index is 10.2. The van der Waals surface area contributed by atoms with Crippen LogP contribution in [-0.2, 0) is 4.79 Å². The summed E-state index contributed by atoms with van der Waals surface area (Å²) in [5.74, 6) is -0.943. The molecule has 0 heterocycles. The Bertz CT molecular complexity index is 138. The number of carbonyl (C=O) groups is 1. The van der Waals surface area contributed by atoms with Gasteiger partial charge in [0.05, 0.1) is 6.42 Å². The van der Waals surface area contributed by atoms with E-state index in [0.29, 0.717) is 0 Å². The third-order valence-corrected chi connectivity index (χ3v) is 1.54. The Balaban J connectivity index is 3.88. The second-order valence-corrected chi connectivity index (χ2v) is 2.65. The van der Waals surface area contributed by atoms with Gasteiger partial charge in [-0.3, -0.25) is 9.69 Å². The number of nitrogens with zero attached hydrogens (tertiary/aromatic N) is 1. The molecule has 5 heteroatoms. The van der Waals surface area contributed by atoms with E-state index in [9.17, 15) is 4.79 Å². The topological polar surface area (TPSA) is 81.0 Å². The van der Waals surface area contributed by atoms with Crippen molar-refractivity contribution in [2.75, 3.05) is 6.54 Å². The lowest BCUT2D eigenvalue weighted by Gasteiger charge is -2.27. The van der Waals surface area contributed by atoms with Gasteiger partial charge in [-0.2, -0.15) is 0 Å². The molecule has 2 unspecified atom stereocenters. The molecule has 0 aromatic carbocycles. The van der Waals surface area contributed by atoms with Crippen LogP contribution in [0, 0.1) is 0 Å². The largest absolute Gasteiger partial charge is 0.481 e. The van der Waals surface area contributed by atoms with E-state index in [-0.39, 0.29) is 13.0 Å². The standard InChI is InChI=1S/C7H15NO4/c1-5(9)8(6(2)10)4-3-7(11)12/h5-6,9-10H,3-4H2,1-2H3,(H,11,12). The molecule has 0 aliphatic rings. The summed E-state index contributed by atoms with van der Waals surface area (Å²) in [5, 5.41) is 26.5. The molecule has 0 fully saturated rings. The van der Waals surface area contributed by atoms with Gasteiger partial charge in [0.1, 0.15) is 12.5 Å². The lowest BCUT2D eigenvalue weighted by atomic mass is 10.3. The van der Waals surface area contributed by atoms with Gasteiger partial charge in [-0.05, 0) is 13.8 Å². The quantitative estimate of drug-likeness (QED) is 0.490. The number of aliphatic carboxylic acids is 1. The molecule has 0 saturated carbocycles. The first-order valence-corrected chi connectivity index (χ1v) is 3.79. The van der Waals surface area contributed by atoms with E-state index < -0.39 is 18.4 Å². The summed E-state index contributed by atoms with van der Waals surface area (Å²) in [7, 11) is 0. The average molecular weight is 177 g/mol. The van der Waals surface area contributed by atoms with Crippen LogP contribution in [-0.4, -0.2) is 45.2 Å². The molecule has 0 aliphatic carbocycles. The maximum Gasteiger partial charge on any atom is 0.304 e. The summed E-state index contributed by atoms with van der Waals surface area (Å²) in [6.45, 7) is 3.10. The van der Waals surface area contributed by atoms with Gasteiger partial charge in [0.15, 0.2) is 0 Å². The van der Waals surface area contributed by atoms with Crippen LogP contribution in [0.25, 0.3) is 0 Å². The van der Waals surface area contributed by atoms with E-state index in [0.717, 1.165) is 0 Å². The fraction of sp³-hybridized carbons (Fsp3) is 0.857. The highest BCUT2D eigenvalue weighted by Crippen LogP contribution is 2.01. The number of aliphatic hydroxyl groups is 2.